The van der Waals surface area contributed by atoms with Crippen LogP contribution in [0.4, 0.5) is 4.39 Å². The molecule has 2 nitrogen and oxygen atoms in total. The van der Waals surface area contributed by atoms with Gasteiger partial charge in [0.1, 0.15) is 5.82 Å². The van der Waals surface area contributed by atoms with Gasteiger partial charge in [0.15, 0.2) is 0 Å². The van der Waals surface area contributed by atoms with E-state index >= 15 is 0 Å². The SMILES string of the molecule is CC(C)CSCC(Cc1ccc(F)cc1Br)NN. The Balaban J connectivity index is 2.51. The first-order valence-electron chi connectivity index (χ1n) is 6.00. The molecule has 1 atom stereocenters. The second-order valence-electron chi connectivity index (χ2n) is 4.73. The lowest BCUT2D eigenvalue weighted by atomic mass is 10.1. The molecule has 0 radical (unpaired) electrons. The van der Waals surface area contributed by atoms with Crippen molar-refractivity contribution in [1.29, 1.82) is 0 Å². The van der Waals surface area contributed by atoms with Crippen LogP contribution in [0, 0.1) is 11.7 Å². The van der Waals surface area contributed by atoms with E-state index < -0.39 is 0 Å². The van der Waals surface area contributed by atoms with Crippen LogP contribution in [-0.4, -0.2) is 17.5 Å². The Kier molecular flexibility index (Phi) is 7.22. The van der Waals surface area contributed by atoms with Crippen molar-refractivity contribution in [3.05, 3.63) is 34.1 Å². The quantitative estimate of drug-likeness (QED) is 0.593. The van der Waals surface area contributed by atoms with Gasteiger partial charge in [-0.15, -0.1) is 0 Å². The van der Waals surface area contributed by atoms with Crippen LogP contribution in [0.2, 0.25) is 0 Å². The summed E-state index contributed by atoms with van der Waals surface area (Å²) in [5.74, 6) is 8.11. The van der Waals surface area contributed by atoms with Gasteiger partial charge < -0.3 is 0 Å². The molecule has 0 spiro atoms. The molecule has 1 rings (SSSR count). The molecule has 5 heteroatoms. The molecule has 0 aliphatic carbocycles. The molecule has 0 aliphatic heterocycles. The van der Waals surface area contributed by atoms with Crippen LogP contribution >= 0.6 is 27.7 Å². The molecular weight excluding hydrogens is 315 g/mol. The third-order valence-corrected chi connectivity index (χ3v) is 4.77. The Hall–Kier alpha value is -0.100. The minimum atomic E-state index is -0.225. The standard InChI is InChI=1S/C13H20BrFN2S/c1-9(2)7-18-8-12(17-16)5-10-3-4-11(15)6-13(10)14/h3-4,6,9,12,17H,5,7-8,16H2,1-2H3. The first kappa shape index (κ1) is 16.0. The van der Waals surface area contributed by atoms with E-state index in [1.54, 1.807) is 6.07 Å². The fourth-order valence-corrected chi connectivity index (χ4v) is 3.18. The van der Waals surface area contributed by atoms with E-state index in [4.69, 9.17) is 5.84 Å². The lowest BCUT2D eigenvalue weighted by molar-refractivity contribution is 0.571. The first-order chi connectivity index (χ1) is 8.52. The van der Waals surface area contributed by atoms with Crippen LogP contribution in [0.1, 0.15) is 19.4 Å². The van der Waals surface area contributed by atoms with Gasteiger partial charge in [-0.1, -0.05) is 35.8 Å². The van der Waals surface area contributed by atoms with Crippen molar-refractivity contribution in [1.82, 2.24) is 5.43 Å². The average molecular weight is 335 g/mol. The predicted molar refractivity (Wildman–Crippen MR) is 81.1 cm³/mol. The Morgan fingerprint density at radius 2 is 2.11 bits per heavy atom. The van der Waals surface area contributed by atoms with Gasteiger partial charge >= 0.3 is 0 Å². The molecule has 0 bridgehead atoms. The van der Waals surface area contributed by atoms with Crippen LogP contribution in [0.3, 0.4) is 0 Å². The van der Waals surface area contributed by atoms with Gasteiger partial charge in [0, 0.05) is 16.3 Å². The summed E-state index contributed by atoms with van der Waals surface area (Å²) in [5.41, 5.74) is 3.90. The zero-order valence-corrected chi connectivity index (χ0v) is 13.2. The molecule has 3 N–H and O–H groups in total. The van der Waals surface area contributed by atoms with Crippen LogP contribution in [0.15, 0.2) is 22.7 Å². The summed E-state index contributed by atoms with van der Waals surface area (Å²) in [6, 6.07) is 4.98. The maximum absolute atomic E-state index is 13.0. The van der Waals surface area contributed by atoms with Gasteiger partial charge in [-0.2, -0.15) is 11.8 Å². The zero-order chi connectivity index (χ0) is 13.5. The highest BCUT2D eigenvalue weighted by atomic mass is 79.9. The van der Waals surface area contributed by atoms with Gasteiger partial charge in [-0.3, -0.25) is 11.3 Å². The lowest BCUT2D eigenvalue weighted by Gasteiger charge is -2.17. The van der Waals surface area contributed by atoms with Crippen LogP contribution in [-0.2, 0) is 6.42 Å². The van der Waals surface area contributed by atoms with Crippen molar-refractivity contribution in [3.8, 4) is 0 Å². The van der Waals surface area contributed by atoms with E-state index in [9.17, 15) is 4.39 Å². The van der Waals surface area contributed by atoms with Gasteiger partial charge in [0.2, 0.25) is 0 Å². The number of rotatable bonds is 7. The Morgan fingerprint density at radius 1 is 1.39 bits per heavy atom. The number of halogens is 2. The Morgan fingerprint density at radius 3 is 2.67 bits per heavy atom. The number of hydrazine groups is 1. The lowest BCUT2D eigenvalue weighted by Crippen LogP contribution is -2.39. The predicted octanol–water partition coefficient (Wildman–Crippen LogP) is 3.35. The van der Waals surface area contributed by atoms with E-state index in [-0.39, 0.29) is 11.9 Å². The first-order valence-corrected chi connectivity index (χ1v) is 7.95. The number of thioether (sulfide) groups is 1. The molecule has 18 heavy (non-hydrogen) atoms. The fourth-order valence-electron chi connectivity index (χ4n) is 1.56. The Bertz CT molecular complexity index is 374. The van der Waals surface area contributed by atoms with Gasteiger partial charge in [0.25, 0.3) is 0 Å². The number of hydrogen-bond donors (Lipinski definition) is 2. The van der Waals surface area contributed by atoms with E-state index in [0.717, 1.165) is 28.0 Å². The minimum Gasteiger partial charge on any atom is -0.271 e. The molecule has 0 fully saturated rings. The highest BCUT2D eigenvalue weighted by Gasteiger charge is 2.11. The number of nitrogens with two attached hydrogens (primary N) is 1. The van der Waals surface area contributed by atoms with Gasteiger partial charge in [-0.25, -0.2) is 4.39 Å². The van der Waals surface area contributed by atoms with Crippen LogP contribution < -0.4 is 11.3 Å². The highest BCUT2D eigenvalue weighted by molar-refractivity contribution is 9.10. The molecular formula is C13H20BrFN2S. The molecule has 0 amide bonds. The molecule has 0 saturated heterocycles. The van der Waals surface area contributed by atoms with E-state index in [1.165, 1.54) is 12.1 Å². The molecule has 0 saturated carbocycles. The molecule has 0 aliphatic rings. The largest absolute Gasteiger partial charge is 0.271 e. The third kappa shape index (κ3) is 5.69. The van der Waals surface area contributed by atoms with E-state index in [1.807, 2.05) is 11.8 Å². The fraction of sp³-hybridized carbons (Fsp3) is 0.538. The third-order valence-electron chi connectivity index (χ3n) is 2.49. The smallest absolute Gasteiger partial charge is 0.124 e. The van der Waals surface area contributed by atoms with Gasteiger partial charge in [0.05, 0.1) is 0 Å². The minimum absolute atomic E-state index is 0.204. The van der Waals surface area contributed by atoms with Crippen molar-refractivity contribution >= 4 is 27.7 Å². The summed E-state index contributed by atoms with van der Waals surface area (Å²) < 4.78 is 13.8. The zero-order valence-electron chi connectivity index (χ0n) is 10.7. The molecule has 1 aromatic rings. The van der Waals surface area contributed by atoms with Crippen molar-refractivity contribution in [3.63, 3.8) is 0 Å². The molecule has 1 unspecified atom stereocenters. The molecule has 0 aromatic heterocycles. The van der Waals surface area contributed by atoms with Crippen LogP contribution in [0.5, 0.6) is 0 Å². The van der Waals surface area contributed by atoms with Crippen molar-refractivity contribution in [2.75, 3.05) is 11.5 Å². The normalized spacial score (nSPS) is 13.0. The van der Waals surface area contributed by atoms with Gasteiger partial charge in [-0.05, 0) is 35.8 Å². The summed E-state index contributed by atoms with van der Waals surface area (Å²) in [6.45, 7) is 4.41. The second-order valence-corrected chi connectivity index (χ2v) is 6.66. The van der Waals surface area contributed by atoms with E-state index in [2.05, 4.69) is 35.2 Å². The van der Waals surface area contributed by atoms with Crippen molar-refractivity contribution in [2.24, 2.45) is 11.8 Å². The molecule has 0 heterocycles. The monoisotopic (exact) mass is 334 g/mol. The summed E-state index contributed by atoms with van der Waals surface area (Å²) in [7, 11) is 0. The highest BCUT2D eigenvalue weighted by Crippen LogP contribution is 2.20. The van der Waals surface area contributed by atoms with Crippen molar-refractivity contribution in [2.45, 2.75) is 26.3 Å². The molecule has 102 valence electrons. The number of hydrogen-bond acceptors (Lipinski definition) is 3. The van der Waals surface area contributed by atoms with E-state index in [0.29, 0.717) is 5.92 Å². The maximum atomic E-state index is 13.0. The summed E-state index contributed by atoms with van der Waals surface area (Å²) in [5, 5.41) is 0. The Labute approximate surface area is 121 Å². The second kappa shape index (κ2) is 8.15. The summed E-state index contributed by atoms with van der Waals surface area (Å²) in [4.78, 5) is 0. The van der Waals surface area contributed by atoms with Crippen molar-refractivity contribution < 1.29 is 4.39 Å². The topological polar surface area (TPSA) is 38.0 Å². The maximum Gasteiger partial charge on any atom is 0.124 e. The number of benzene rings is 1. The average Bonchev–Trinajstić information content (AvgIpc) is 2.30. The molecule has 1 aromatic carbocycles. The summed E-state index contributed by atoms with van der Waals surface area (Å²) >= 11 is 5.27. The summed E-state index contributed by atoms with van der Waals surface area (Å²) in [6.07, 6.45) is 0.794. The van der Waals surface area contributed by atoms with Crippen LogP contribution in [0.25, 0.3) is 0 Å². The number of nitrogens with one attached hydrogen (secondary N) is 1.